The molecule has 1 N–H and O–H groups in total. The Morgan fingerprint density at radius 3 is 3.05 bits per heavy atom. The van der Waals surface area contributed by atoms with E-state index in [4.69, 9.17) is 14.5 Å². The minimum atomic E-state index is -0.464. The Morgan fingerprint density at radius 1 is 1.47 bits per heavy atom. The predicted octanol–water partition coefficient (Wildman–Crippen LogP) is 2.35. The van der Waals surface area contributed by atoms with E-state index in [-0.39, 0.29) is 0 Å². The van der Waals surface area contributed by atoms with Crippen LogP contribution in [0.25, 0.3) is 11.5 Å². The normalized spacial score (nSPS) is 23.2. The molecule has 6 nitrogen and oxygen atoms in total. The lowest BCUT2D eigenvalue weighted by Gasteiger charge is -2.30. The maximum atomic E-state index is 8.78. The molecule has 0 aromatic carbocycles. The first-order valence-electron chi connectivity index (χ1n) is 6.28. The van der Waals surface area contributed by atoms with E-state index in [1.807, 2.05) is 13.0 Å². The number of hydrogen-bond donors (Lipinski definition) is 1. The number of hydrogen-bond acceptors (Lipinski definition) is 5. The van der Waals surface area contributed by atoms with Crippen molar-refractivity contribution in [2.45, 2.75) is 31.8 Å². The Kier molecular flexibility index (Phi) is 2.84. The molecular formula is C13H14N4O2. The summed E-state index contributed by atoms with van der Waals surface area (Å²) in [5.41, 5.74) is 0.721. The summed E-state index contributed by atoms with van der Waals surface area (Å²) < 4.78 is 11.0. The van der Waals surface area contributed by atoms with E-state index in [1.165, 1.54) is 0 Å². The minimum absolute atomic E-state index is 0.406. The van der Waals surface area contributed by atoms with Crippen molar-refractivity contribution in [3.8, 4) is 17.5 Å². The number of aromatic nitrogens is 3. The summed E-state index contributed by atoms with van der Waals surface area (Å²) in [6, 6.07) is 3.71. The predicted molar refractivity (Wildman–Crippen MR) is 66.0 cm³/mol. The molecule has 0 spiro atoms. The molecule has 0 aliphatic carbocycles. The van der Waals surface area contributed by atoms with Crippen molar-refractivity contribution in [1.82, 2.24) is 15.1 Å². The first-order valence-corrected chi connectivity index (χ1v) is 6.28. The SMILES string of the molecule is CC1(c2noc(-c3c[nH]c(C#N)c3)n2)CCCCO1. The van der Waals surface area contributed by atoms with Crippen LogP contribution in [0, 0.1) is 11.3 Å². The van der Waals surface area contributed by atoms with Crippen LogP contribution in [0.3, 0.4) is 0 Å². The van der Waals surface area contributed by atoms with Crippen LogP contribution in [0.1, 0.15) is 37.7 Å². The van der Waals surface area contributed by atoms with Gasteiger partial charge in [-0.1, -0.05) is 5.16 Å². The highest BCUT2D eigenvalue weighted by Crippen LogP contribution is 2.33. The Balaban J connectivity index is 1.88. The highest BCUT2D eigenvalue weighted by Gasteiger charge is 2.35. The van der Waals surface area contributed by atoms with Gasteiger partial charge in [-0.25, -0.2) is 0 Å². The van der Waals surface area contributed by atoms with Crippen molar-refractivity contribution in [2.75, 3.05) is 6.61 Å². The van der Waals surface area contributed by atoms with Gasteiger partial charge in [0.25, 0.3) is 5.89 Å². The zero-order valence-corrected chi connectivity index (χ0v) is 10.6. The van der Waals surface area contributed by atoms with Crippen LogP contribution in [0.4, 0.5) is 0 Å². The summed E-state index contributed by atoms with van der Waals surface area (Å²) in [7, 11) is 0. The summed E-state index contributed by atoms with van der Waals surface area (Å²) in [6.07, 6.45) is 4.75. The van der Waals surface area contributed by atoms with Crippen LogP contribution in [0.5, 0.6) is 0 Å². The van der Waals surface area contributed by atoms with E-state index in [1.54, 1.807) is 12.3 Å². The third-order valence-corrected chi connectivity index (χ3v) is 3.42. The largest absolute Gasteiger partial charge is 0.367 e. The second-order valence-corrected chi connectivity index (χ2v) is 4.87. The third kappa shape index (κ3) is 2.13. The zero-order chi connectivity index (χ0) is 13.3. The molecule has 0 amide bonds. The van der Waals surface area contributed by atoms with Crippen LogP contribution >= 0.6 is 0 Å². The molecule has 0 radical (unpaired) electrons. The minimum Gasteiger partial charge on any atom is -0.367 e. The molecule has 1 unspecified atom stereocenters. The molecule has 1 saturated heterocycles. The van der Waals surface area contributed by atoms with E-state index >= 15 is 0 Å². The van der Waals surface area contributed by atoms with Crippen molar-refractivity contribution in [1.29, 1.82) is 5.26 Å². The van der Waals surface area contributed by atoms with Gasteiger partial charge in [-0.3, -0.25) is 0 Å². The van der Waals surface area contributed by atoms with Crippen LogP contribution in [0.2, 0.25) is 0 Å². The molecule has 2 aromatic heterocycles. The van der Waals surface area contributed by atoms with Crippen molar-refractivity contribution < 1.29 is 9.26 Å². The fourth-order valence-corrected chi connectivity index (χ4v) is 2.25. The van der Waals surface area contributed by atoms with Crippen molar-refractivity contribution in [2.24, 2.45) is 0 Å². The molecular weight excluding hydrogens is 244 g/mol. The molecule has 1 atom stereocenters. The number of nitrogens with one attached hydrogen (secondary N) is 1. The molecule has 6 heteroatoms. The van der Waals surface area contributed by atoms with Crippen LogP contribution < -0.4 is 0 Å². The van der Waals surface area contributed by atoms with Gasteiger partial charge in [0.2, 0.25) is 5.82 Å². The van der Waals surface area contributed by atoms with E-state index < -0.39 is 5.60 Å². The van der Waals surface area contributed by atoms with Gasteiger partial charge in [0.1, 0.15) is 17.4 Å². The number of aromatic amines is 1. The second kappa shape index (κ2) is 4.52. The van der Waals surface area contributed by atoms with Gasteiger partial charge in [-0.05, 0) is 32.3 Å². The Bertz CT molecular complexity index is 617. The number of nitriles is 1. The smallest absolute Gasteiger partial charge is 0.259 e. The average molecular weight is 258 g/mol. The summed E-state index contributed by atoms with van der Waals surface area (Å²) in [4.78, 5) is 7.22. The van der Waals surface area contributed by atoms with Crippen molar-refractivity contribution >= 4 is 0 Å². The molecule has 1 fully saturated rings. The van der Waals surface area contributed by atoms with Gasteiger partial charge in [0, 0.05) is 12.8 Å². The van der Waals surface area contributed by atoms with Gasteiger partial charge in [0.15, 0.2) is 0 Å². The quantitative estimate of drug-likeness (QED) is 0.893. The number of H-pyrrole nitrogens is 1. The average Bonchev–Trinajstić information content (AvgIpc) is 3.08. The van der Waals surface area contributed by atoms with E-state index in [2.05, 4.69) is 15.1 Å². The van der Waals surface area contributed by atoms with Crippen molar-refractivity contribution in [3.05, 3.63) is 23.8 Å². The molecule has 2 aromatic rings. The summed E-state index contributed by atoms with van der Waals surface area (Å²) in [5, 5.41) is 12.8. The Morgan fingerprint density at radius 2 is 2.37 bits per heavy atom. The summed E-state index contributed by atoms with van der Waals surface area (Å²) in [6.45, 7) is 2.71. The highest BCUT2D eigenvalue weighted by atomic mass is 16.5. The van der Waals surface area contributed by atoms with Crippen LogP contribution in [-0.4, -0.2) is 21.7 Å². The van der Waals surface area contributed by atoms with E-state index in [0.29, 0.717) is 17.4 Å². The molecule has 1 aliphatic heterocycles. The zero-order valence-electron chi connectivity index (χ0n) is 10.6. The van der Waals surface area contributed by atoms with Crippen LogP contribution in [0.15, 0.2) is 16.8 Å². The number of rotatable bonds is 2. The molecule has 1 aliphatic rings. The molecule has 98 valence electrons. The van der Waals surface area contributed by atoms with Gasteiger partial charge in [0.05, 0.1) is 5.56 Å². The van der Waals surface area contributed by atoms with Gasteiger partial charge < -0.3 is 14.2 Å². The second-order valence-electron chi connectivity index (χ2n) is 4.87. The lowest BCUT2D eigenvalue weighted by Crippen LogP contribution is -2.31. The Labute approximate surface area is 110 Å². The number of ether oxygens (including phenoxy) is 1. The van der Waals surface area contributed by atoms with E-state index in [9.17, 15) is 0 Å². The standard InChI is InChI=1S/C13H14N4O2/c1-13(4-2-3-5-18-13)12-16-11(19-17-12)9-6-10(7-14)15-8-9/h6,8,15H,2-5H2,1H3. The lowest BCUT2D eigenvalue weighted by atomic mass is 9.95. The highest BCUT2D eigenvalue weighted by molar-refractivity contribution is 5.54. The summed E-state index contributed by atoms with van der Waals surface area (Å²) in [5.74, 6) is 0.977. The monoisotopic (exact) mass is 258 g/mol. The van der Waals surface area contributed by atoms with Gasteiger partial charge >= 0.3 is 0 Å². The first-order chi connectivity index (χ1) is 9.21. The van der Waals surface area contributed by atoms with Crippen molar-refractivity contribution in [3.63, 3.8) is 0 Å². The molecule has 0 bridgehead atoms. The fraction of sp³-hybridized carbons (Fsp3) is 0.462. The molecule has 3 heterocycles. The lowest BCUT2D eigenvalue weighted by molar-refractivity contribution is -0.0770. The number of nitrogens with zero attached hydrogens (tertiary/aromatic N) is 3. The molecule has 3 rings (SSSR count). The van der Waals surface area contributed by atoms with Gasteiger partial charge in [-0.15, -0.1) is 0 Å². The van der Waals surface area contributed by atoms with Crippen LogP contribution in [-0.2, 0) is 10.3 Å². The first kappa shape index (κ1) is 11.9. The fourth-order valence-electron chi connectivity index (χ4n) is 2.25. The summed E-state index contributed by atoms with van der Waals surface area (Å²) >= 11 is 0. The molecule has 0 saturated carbocycles. The topological polar surface area (TPSA) is 87.7 Å². The third-order valence-electron chi connectivity index (χ3n) is 3.42. The maximum absolute atomic E-state index is 8.78. The van der Waals surface area contributed by atoms with Gasteiger partial charge in [-0.2, -0.15) is 10.2 Å². The Hall–Kier alpha value is -2.13. The molecule has 19 heavy (non-hydrogen) atoms. The van der Waals surface area contributed by atoms with E-state index in [0.717, 1.165) is 31.4 Å². The maximum Gasteiger partial charge on any atom is 0.259 e.